The summed E-state index contributed by atoms with van der Waals surface area (Å²) in [5.41, 5.74) is 0. The van der Waals surface area contributed by atoms with Crippen LogP contribution >= 0.6 is 0 Å². The lowest BCUT2D eigenvalue weighted by molar-refractivity contribution is -0.145. The van der Waals surface area contributed by atoms with Gasteiger partial charge in [0.2, 0.25) is 0 Å². The average Bonchev–Trinajstić information content (AvgIpc) is 2.18. The van der Waals surface area contributed by atoms with Crippen LogP contribution < -0.4 is 0 Å². The van der Waals surface area contributed by atoms with Crippen LogP contribution in [0.1, 0.15) is 39.5 Å². The van der Waals surface area contributed by atoms with E-state index in [1.165, 1.54) is 6.42 Å². The highest BCUT2D eigenvalue weighted by Crippen LogP contribution is 2.30. The fraction of sp³-hybridized carbons (Fsp3) is 0.917. The zero-order valence-corrected chi connectivity index (χ0v) is 10.1. The van der Waals surface area contributed by atoms with Crippen LogP contribution in [0.4, 0.5) is 0 Å². The minimum absolute atomic E-state index is 0.111. The molecule has 1 rings (SSSR count). The van der Waals surface area contributed by atoms with Gasteiger partial charge in [0, 0.05) is 12.6 Å². The molecule has 0 aromatic heterocycles. The molecule has 2 atom stereocenters. The van der Waals surface area contributed by atoms with Crippen LogP contribution in [-0.2, 0) is 4.79 Å². The van der Waals surface area contributed by atoms with Crippen molar-refractivity contribution in [2.45, 2.75) is 45.6 Å². The fourth-order valence-corrected chi connectivity index (χ4v) is 2.33. The molecule has 0 heterocycles. The zero-order valence-electron chi connectivity index (χ0n) is 10.1. The van der Waals surface area contributed by atoms with Crippen LogP contribution in [0.5, 0.6) is 0 Å². The fourth-order valence-electron chi connectivity index (χ4n) is 2.33. The molecule has 0 aromatic rings. The SMILES string of the molecule is CC(C)N(C)C[C@@H]1CCCC[C@@H]1C(=O)O. The van der Waals surface area contributed by atoms with E-state index in [4.69, 9.17) is 5.11 Å². The van der Waals surface area contributed by atoms with Crippen LogP contribution in [0, 0.1) is 11.8 Å². The summed E-state index contributed by atoms with van der Waals surface area (Å²) in [5, 5.41) is 9.14. The largest absolute Gasteiger partial charge is 0.481 e. The second kappa shape index (κ2) is 5.50. The standard InChI is InChI=1S/C12H23NO2/c1-9(2)13(3)8-10-6-4-5-7-11(10)12(14)15/h9-11H,4-8H2,1-3H3,(H,14,15)/t10-,11-/m0/s1. The van der Waals surface area contributed by atoms with E-state index >= 15 is 0 Å². The van der Waals surface area contributed by atoms with Gasteiger partial charge in [-0.2, -0.15) is 0 Å². The average molecular weight is 213 g/mol. The Morgan fingerprint density at radius 1 is 1.40 bits per heavy atom. The van der Waals surface area contributed by atoms with Gasteiger partial charge in [0.1, 0.15) is 0 Å². The number of nitrogens with zero attached hydrogens (tertiary/aromatic N) is 1. The number of carboxylic acid groups (broad SMARTS) is 1. The third-order valence-electron chi connectivity index (χ3n) is 3.63. The number of hydrogen-bond acceptors (Lipinski definition) is 2. The molecular weight excluding hydrogens is 190 g/mol. The van der Waals surface area contributed by atoms with E-state index in [2.05, 4.69) is 25.8 Å². The third-order valence-corrected chi connectivity index (χ3v) is 3.63. The van der Waals surface area contributed by atoms with Crippen LogP contribution in [0.3, 0.4) is 0 Å². The zero-order chi connectivity index (χ0) is 11.4. The van der Waals surface area contributed by atoms with Crippen molar-refractivity contribution in [3.63, 3.8) is 0 Å². The molecule has 1 N–H and O–H groups in total. The Balaban J connectivity index is 2.53. The van der Waals surface area contributed by atoms with Crippen LogP contribution in [0.2, 0.25) is 0 Å². The van der Waals surface area contributed by atoms with Crippen molar-refractivity contribution in [1.82, 2.24) is 4.90 Å². The van der Waals surface area contributed by atoms with Gasteiger partial charge >= 0.3 is 5.97 Å². The Kier molecular flexibility index (Phi) is 4.58. The minimum atomic E-state index is -0.600. The topological polar surface area (TPSA) is 40.5 Å². The number of hydrogen-bond donors (Lipinski definition) is 1. The van der Waals surface area contributed by atoms with Gasteiger partial charge in [-0.15, -0.1) is 0 Å². The molecule has 0 saturated heterocycles. The molecule has 0 aromatic carbocycles. The van der Waals surface area contributed by atoms with E-state index in [-0.39, 0.29) is 5.92 Å². The summed E-state index contributed by atoms with van der Waals surface area (Å²) in [4.78, 5) is 13.4. The number of carboxylic acids is 1. The quantitative estimate of drug-likeness (QED) is 0.778. The van der Waals surface area contributed by atoms with Gasteiger partial charge in [-0.05, 0) is 39.7 Å². The minimum Gasteiger partial charge on any atom is -0.481 e. The maximum Gasteiger partial charge on any atom is 0.306 e. The van der Waals surface area contributed by atoms with Gasteiger partial charge < -0.3 is 10.0 Å². The van der Waals surface area contributed by atoms with Crippen molar-refractivity contribution in [1.29, 1.82) is 0 Å². The number of rotatable bonds is 4. The lowest BCUT2D eigenvalue weighted by Crippen LogP contribution is -2.38. The van der Waals surface area contributed by atoms with E-state index in [1.807, 2.05) is 0 Å². The first-order valence-corrected chi connectivity index (χ1v) is 5.95. The normalized spacial score (nSPS) is 27.3. The molecule has 1 fully saturated rings. The Labute approximate surface area is 92.5 Å². The van der Waals surface area contributed by atoms with E-state index in [0.717, 1.165) is 25.8 Å². The van der Waals surface area contributed by atoms with Gasteiger partial charge in [-0.1, -0.05) is 12.8 Å². The Morgan fingerprint density at radius 2 is 2.00 bits per heavy atom. The van der Waals surface area contributed by atoms with Gasteiger partial charge in [0.05, 0.1) is 5.92 Å². The first-order valence-electron chi connectivity index (χ1n) is 5.95. The molecule has 1 saturated carbocycles. The van der Waals surface area contributed by atoms with E-state index in [9.17, 15) is 4.79 Å². The highest BCUT2D eigenvalue weighted by molar-refractivity contribution is 5.70. The van der Waals surface area contributed by atoms with Gasteiger partial charge in [-0.3, -0.25) is 4.79 Å². The summed E-state index contributed by atoms with van der Waals surface area (Å²) in [7, 11) is 2.08. The summed E-state index contributed by atoms with van der Waals surface area (Å²) >= 11 is 0. The molecule has 0 amide bonds. The maximum absolute atomic E-state index is 11.1. The summed E-state index contributed by atoms with van der Waals surface area (Å²) in [6.45, 7) is 5.23. The number of carbonyl (C=O) groups is 1. The highest BCUT2D eigenvalue weighted by atomic mass is 16.4. The van der Waals surface area contributed by atoms with Crippen molar-refractivity contribution >= 4 is 5.97 Å². The predicted octanol–water partition coefficient (Wildman–Crippen LogP) is 2.22. The first-order chi connectivity index (χ1) is 7.02. The molecule has 0 unspecified atom stereocenters. The second-order valence-corrected chi connectivity index (χ2v) is 5.02. The molecule has 3 heteroatoms. The molecule has 88 valence electrons. The van der Waals surface area contributed by atoms with Crippen molar-refractivity contribution in [3.05, 3.63) is 0 Å². The van der Waals surface area contributed by atoms with Crippen molar-refractivity contribution < 1.29 is 9.90 Å². The van der Waals surface area contributed by atoms with Crippen molar-refractivity contribution in [2.24, 2.45) is 11.8 Å². The smallest absolute Gasteiger partial charge is 0.306 e. The Morgan fingerprint density at radius 3 is 2.53 bits per heavy atom. The first kappa shape index (κ1) is 12.5. The van der Waals surface area contributed by atoms with E-state index < -0.39 is 5.97 Å². The van der Waals surface area contributed by atoms with Crippen molar-refractivity contribution in [3.8, 4) is 0 Å². The number of aliphatic carboxylic acids is 1. The van der Waals surface area contributed by atoms with E-state index in [0.29, 0.717) is 12.0 Å². The summed E-state index contributed by atoms with van der Waals surface area (Å²) in [6.07, 6.45) is 4.22. The van der Waals surface area contributed by atoms with Gasteiger partial charge in [-0.25, -0.2) is 0 Å². The maximum atomic E-state index is 11.1. The van der Waals surface area contributed by atoms with E-state index in [1.54, 1.807) is 0 Å². The Bertz CT molecular complexity index is 216. The lowest BCUT2D eigenvalue weighted by atomic mass is 9.79. The molecular formula is C12H23NO2. The predicted molar refractivity (Wildman–Crippen MR) is 60.8 cm³/mol. The molecule has 0 radical (unpaired) electrons. The monoisotopic (exact) mass is 213 g/mol. The van der Waals surface area contributed by atoms with Gasteiger partial charge in [0.25, 0.3) is 0 Å². The highest BCUT2D eigenvalue weighted by Gasteiger charge is 2.31. The van der Waals surface area contributed by atoms with Crippen LogP contribution in [0.15, 0.2) is 0 Å². The molecule has 3 nitrogen and oxygen atoms in total. The van der Waals surface area contributed by atoms with Crippen LogP contribution in [-0.4, -0.2) is 35.6 Å². The molecule has 15 heavy (non-hydrogen) atoms. The molecule has 0 aliphatic heterocycles. The second-order valence-electron chi connectivity index (χ2n) is 5.02. The summed E-state index contributed by atoms with van der Waals surface area (Å²) < 4.78 is 0. The Hall–Kier alpha value is -0.570. The summed E-state index contributed by atoms with van der Waals surface area (Å²) in [6, 6.07) is 0.501. The van der Waals surface area contributed by atoms with Crippen LogP contribution in [0.25, 0.3) is 0 Å². The van der Waals surface area contributed by atoms with Gasteiger partial charge in [0.15, 0.2) is 0 Å². The molecule has 1 aliphatic carbocycles. The molecule has 0 spiro atoms. The molecule has 1 aliphatic rings. The third kappa shape index (κ3) is 3.49. The molecule has 0 bridgehead atoms. The lowest BCUT2D eigenvalue weighted by Gasteiger charge is -2.33. The summed E-state index contributed by atoms with van der Waals surface area (Å²) in [5.74, 6) is -0.361. The van der Waals surface area contributed by atoms with Crippen molar-refractivity contribution in [2.75, 3.05) is 13.6 Å².